The molecule has 0 amide bonds. The number of rotatable bonds is 3. The second-order valence-corrected chi connectivity index (χ2v) is 4.43. The van der Waals surface area contributed by atoms with Crippen molar-refractivity contribution in [3.8, 4) is 0 Å². The Balaban J connectivity index is 2.53. The molecule has 7 heteroatoms. The Morgan fingerprint density at radius 2 is 2.00 bits per heavy atom. The molecule has 18 heavy (non-hydrogen) atoms. The number of aliphatic hydroxyl groups excluding tert-OH is 1. The van der Waals surface area contributed by atoms with Crippen LogP contribution in [-0.4, -0.2) is 16.6 Å². The van der Waals surface area contributed by atoms with E-state index in [0.29, 0.717) is 18.9 Å². The Hall–Kier alpha value is -1.63. The van der Waals surface area contributed by atoms with Gasteiger partial charge in [0.1, 0.15) is 0 Å². The van der Waals surface area contributed by atoms with Gasteiger partial charge in [-0.05, 0) is 18.9 Å². The van der Waals surface area contributed by atoms with E-state index in [2.05, 4.69) is 0 Å². The molecule has 1 saturated carbocycles. The molecule has 1 aliphatic carbocycles. The predicted molar refractivity (Wildman–Crippen MR) is 56.1 cm³/mol. The van der Waals surface area contributed by atoms with Crippen molar-refractivity contribution in [1.29, 1.82) is 0 Å². The summed E-state index contributed by atoms with van der Waals surface area (Å²) in [7, 11) is 0. The van der Waals surface area contributed by atoms with Crippen LogP contribution in [-0.2, 0) is 11.6 Å². The molecule has 1 N–H and O–H groups in total. The van der Waals surface area contributed by atoms with Crippen molar-refractivity contribution in [3.05, 3.63) is 39.4 Å². The minimum absolute atomic E-state index is 0.183. The van der Waals surface area contributed by atoms with E-state index in [1.54, 1.807) is 0 Å². The first kappa shape index (κ1) is 12.8. The molecule has 2 rings (SSSR count). The summed E-state index contributed by atoms with van der Waals surface area (Å²) in [6.07, 6.45) is -3.51. The van der Waals surface area contributed by atoms with E-state index in [1.807, 2.05) is 0 Å². The summed E-state index contributed by atoms with van der Waals surface area (Å²) in [6, 6.07) is 2.45. The predicted octanol–water partition coefficient (Wildman–Crippen LogP) is 2.64. The molecule has 0 aliphatic heterocycles. The summed E-state index contributed by atoms with van der Waals surface area (Å²) in [5, 5.41) is 20.0. The molecule has 4 nitrogen and oxygen atoms in total. The van der Waals surface area contributed by atoms with Crippen LogP contribution < -0.4 is 0 Å². The highest BCUT2D eigenvalue weighted by atomic mass is 19.4. The molecule has 1 aliphatic rings. The highest BCUT2D eigenvalue weighted by Crippen LogP contribution is 2.51. The largest absolute Gasteiger partial charge is 0.416 e. The van der Waals surface area contributed by atoms with Gasteiger partial charge in [0.05, 0.1) is 17.1 Å². The molecule has 0 atom stereocenters. The lowest BCUT2D eigenvalue weighted by Crippen LogP contribution is -2.15. The van der Waals surface area contributed by atoms with Gasteiger partial charge in [0.2, 0.25) is 0 Å². The third kappa shape index (κ3) is 2.05. The van der Waals surface area contributed by atoms with Gasteiger partial charge in [-0.25, -0.2) is 0 Å². The van der Waals surface area contributed by atoms with E-state index in [0.717, 1.165) is 12.1 Å². The summed E-state index contributed by atoms with van der Waals surface area (Å²) in [4.78, 5) is 10.0. The SMILES string of the molecule is O=[N+]([O-])c1cc(C(F)(F)F)ccc1C1(CO)CC1. The zero-order valence-corrected chi connectivity index (χ0v) is 9.20. The Labute approximate surface area is 100 Å². The standard InChI is InChI=1S/C11H10F3NO3/c12-11(13,14)7-1-2-8(9(5-7)15(17)18)10(6-16)3-4-10/h1-2,5,16H,3-4,6H2. The molecule has 0 aromatic heterocycles. The van der Waals surface area contributed by atoms with E-state index in [-0.39, 0.29) is 12.2 Å². The van der Waals surface area contributed by atoms with Gasteiger partial charge in [0.15, 0.2) is 0 Å². The number of hydrogen-bond donors (Lipinski definition) is 1. The first-order valence-corrected chi connectivity index (χ1v) is 5.27. The third-order valence-electron chi connectivity index (χ3n) is 3.25. The maximum absolute atomic E-state index is 12.5. The summed E-state index contributed by atoms with van der Waals surface area (Å²) >= 11 is 0. The number of alkyl halides is 3. The Kier molecular flexibility index (Phi) is 2.81. The van der Waals surface area contributed by atoms with Crippen molar-refractivity contribution >= 4 is 5.69 Å². The molecule has 0 radical (unpaired) electrons. The number of hydrogen-bond acceptors (Lipinski definition) is 3. The van der Waals surface area contributed by atoms with Crippen molar-refractivity contribution in [3.63, 3.8) is 0 Å². The first-order chi connectivity index (χ1) is 8.30. The van der Waals surface area contributed by atoms with Crippen LogP contribution in [0.25, 0.3) is 0 Å². The molecule has 98 valence electrons. The van der Waals surface area contributed by atoms with Crippen LogP contribution in [0.15, 0.2) is 18.2 Å². The van der Waals surface area contributed by atoms with Gasteiger partial charge < -0.3 is 5.11 Å². The summed E-state index contributed by atoms with van der Waals surface area (Å²) in [5.74, 6) is 0. The fourth-order valence-corrected chi connectivity index (χ4v) is 1.97. The average molecular weight is 261 g/mol. The quantitative estimate of drug-likeness (QED) is 0.672. The Morgan fingerprint density at radius 1 is 1.39 bits per heavy atom. The van der Waals surface area contributed by atoms with Gasteiger partial charge in [-0.3, -0.25) is 10.1 Å². The lowest BCUT2D eigenvalue weighted by molar-refractivity contribution is -0.386. The zero-order valence-electron chi connectivity index (χ0n) is 9.20. The number of benzene rings is 1. The highest BCUT2D eigenvalue weighted by Gasteiger charge is 2.48. The van der Waals surface area contributed by atoms with Gasteiger partial charge in [0.25, 0.3) is 5.69 Å². The van der Waals surface area contributed by atoms with Crippen molar-refractivity contribution in [2.24, 2.45) is 0 Å². The van der Waals surface area contributed by atoms with Gasteiger partial charge in [-0.2, -0.15) is 13.2 Å². The lowest BCUT2D eigenvalue weighted by atomic mass is 9.94. The van der Waals surface area contributed by atoms with E-state index < -0.39 is 27.8 Å². The maximum Gasteiger partial charge on any atom is 0.416 e. The van der Waals surface area contributed by atoms with Crippen LogP contribution in [0.1, 0.15) is 24.0 Å². The van der Waals surface area contributed by atoms with E-state index in [4.69, 9.17) is 0 Å². The third-order valence-corrected chi connectivity index (χ3v) is 3.25. The number of nitro groups is 1. The average Bonchev–Trinajstić information content (AvgIpc) is 3.07. The van der Waals surface area contributed by atoms with Crippen molar-refractivity contribution < 1.29 is 23.2 Å². The van der Waals surface area contributed by atoms with Crippen LogP contribution in [0.4, 0.5) is 18.9 Å². The molecule has 0 bridgehead atoms. The number of nitro benzene ring substituents is 1. The van der Waals surface area contributed by atoms with Gasteiger partial charge >= 0.3 is 6.18 Å². The van der Waals surface area contributed by atoms with Gasteiger partial charge in [0, 0.05) is 17.0 Å². The van der Waals surface area contributed by atoms with E-state index in [9.17, 15) is 28.4 Å². The van der Waals surface area contributed by atoms with Crippen molar-refractivity contribution in [1.82, 2.24) is 0 Å². The summed E-state index contributed by atoms with van der Waals surface area (Å²) in [5.41, 5.74) is -2.17. The second kappa shape index (κ2) is 3.94. The van der Waals surface area contributed by atoms with Crippen LogP contribution in [0.3, 0.4) is 0 Å². The van der Waals surface area contributed by atoms with E-state index in [1.165, 1.54) is 0 Å². The van der Waals surface area contributed by atoms with Gasteiger partial charge in [-0.15, -0.1) is 0 Å². The molecule has 0 heterocycles. The lowest BCUT2D eigenvalue weighted by Gasteiger charge is -2.14. The van der Waals surface area contributed by atoms with Crippen LogP contribution in [0.2, 0.25) is 0 Å². The van der Waals surface area contributed by atoms with E-state index >= 15 is 0 Å². The maximum atomic E-state index is 12.5. The second-order valence-electron chi connectivity index (χ2n) is 4.43. The smallest absolute Gasteiger partial charge is 0.395 e. The molecule has 1 aromatic carbocycles. The molecule has 0 unspecified atom stereocenters. The number of nitrogens with zero attached hydrogens (tertiary/aromatic N) is 1. The minimum atomic E-state index is -4.61. The summed E-state index contributed by atoms with van der Waals surface area (Å²) < 4.78 is 37.5. The van der Waals surface area contributed by atoms with Crippen molar-refractivity contribution in [2.45, 2.75) is 24.4 Å². The minimum Gasteiger partial charge on any atom is -0.395 e. The monoisotopic (exact) mass is 261 g/mol. The zero-order chi connectivity index (χ0) is 13.6. The molecule has 0 spiro atoms. The van der Waals surface area contributed by atoms with Gasteiger partial charge in [-0.1, -0.05) is 6.07 Å². The fourth-order valence-electron chi connectivity index (χ4n) is 1.97. The Bertz CT molecular complexity index is 495. The molecular weight excluding hydrogens is 251 g/mol. The van der Waals surface area contributed by atoms with Crippen molar-refractivity contribution in [2.75, 3.05) is 6.61 Å². The molecule has 0 saturated heterocycles. The van der Waals surface area contributed by atoms with Crippen LogP contribution >= 0.6 is 0 Å². The normalized spacial score (nSPS) is 17.6. The topological polar surface area (TPSA) is 63.4 Å². The highest BCUT2D eigenvalue weighted by molar-refractivity contribution is 5.51. The number of halogens is 3. The first-order valence-electron chi connectivity index (χ1n) is 5.27. The number of aliphatic hydroxyl groups is 1. The fraction of sp³-hybridized carbons (Fsp3) is 0.455. The Morgan fingerprint density at radius 3 is 2.39 bits per heavy atom. The molecule has 1 aromatic rings. The van der Waals surface area contributed by atoms with Crippen LogP contribution in [0.5, 0.6) is 0 Å². The van der Waals surface area contributed by atoms with Crippen LogP contribution in [0, 0.1) is 10.1 Å². The summed E-state index contributed by atoms with van der Waals surface area (Å²) in [6.45, 7) is -0.292. The molecular formula is C11H10F3NO3. The molecule has 1 fully saturated rings.